The molecule has 0 spiro atoms. The number of nitrogens with zero attached hydrogens (tertiary/aromatic N) is 2. The van der Waals surface area contributed by atoms with Crippen LogP contribution in [0.15, 0.2) is 30.6 Å². The van der Waals surface area contributed by atoms with Crippen molar-refractivity contribution >= 4 is 11.0 Å². The number of aryl methyl sites for hydroxylation is 2. The summed E-state index contributed by atoms with van der Waals surface area (Å²) in [7, 11) is 0. The molecule has 0 N–H and O–H groups in total. The lowest BCUT2D eigenvalue weighted by molar-refractivity contribution is -0.672. The van der Waals surface area contributed by atoms with Gasteiger partial charge in [0, 0.05) is 0 Å². The lowest BCUT2D eigenvalue weighted by Crippen LogP contribution is -3.00. The van der Waals surface area contributed by atoms with Crippen LogP contribution in [0.25, 0.3) is 11.0 Å². The van der Waals surface area contributed by atoms with E-state index in [1.807, 2.05) is 0 Å². The Labute approximate surface area is 152 Å². The quantitative estimate of drug-likeness (QED) is 0.320. The molecule has 0 bridgehead atoms. The largest absolute Gasteiger partial charge is 1.00 e. The molecule has 0 radical (unpaired) electrons. The van der Waals surface area contributed by atoms with Crippen LogP contribution < -0.4 is 28.5 Å². The molecule has 3 heteroatoms. The first-order chi connectivity index (χ1) is 10.4. The lowest BCUT2D eigenvalue weighted by atomic mass is 10.2. The summed E-state index contributed by atoms with van der Waals surface area (Å²) in [6.07, 6.45) is 13.0. The number of benzene rings is 1. The number of para-hydroxylation sites is 2. The van der Waals surface area contributed by atoms with E-state index >= 15 is 0 Å². The Morgan fingerprint density at radius 2 is 1.55 bits per heavy atom. The highest BCUT2D eigenvalue weighted by molar-refractivity contribution is 5.71. The van der Waals surface area contributed by atoms with E-state index in [1.165, 1.54) is 62.4 Å². The third kappa shape index (κ3) is 5.56. The first-order valence-electron chi connectivity index (χ1n) is 8.84. The van der Waals surface area contributed by atoms with E-state index in [9.17, 15) is 0 Å². The molecule has 1 aromatic carbocycles. The molecule has 124 valence electrons. The van der Waals surface area contributed by atoms with Crippen LogP contribution in [0.4, 0.5) is 0 Å². The number of halogens is 1. The number of aromatic nitrogens is 2. The summed E-state index contributed by atoms with van der Waals surface area (Å²) < 4.78 is 4.90. The van der Waals surface area contributed by atoms with Gasteiger partial charge in [-0.25, -0.2) is 9.13 Å². The second-order valence-corrected chi connectivity index (χ2v) is 6.11. The molecule has 0 saturated heterocycles. The highest BCUT2D eigenvalue weighted by atomic mass is 127. The van der Waals surface area contributed by atoms with Crippen LogP contribution in [-0.2, 0) is 13.1 Å². The molecule has 22 heavy (non-hydrogen) atoms. The normalized spacial score (nSPS) is 10.8. The molecule has 0 atom stereocenters. The Morgan fingerprint density at radius 1 is 0.864 bits per heavy atom. The topological polar surface area (TPSA) is 8.81 Å². The van der Waals surface area contributed by atoms with E-state index in [0.29, 0.717) is 0 Å². The average Bonchev–Trinajstić information content (AvgIpc) is 2.87. The van der Waals surface area contributed by atoms with Gasteiger partial charge in [0.15, 0.2) is 11.0 Å². The van der Waals surface area contributed by atoms with Crippen LogP contribution in [0.1, 0.15) is 65.2 Å². The Kier molecular flexibility index (Phi) is 9.76. The van der Waals surface area contributed by atoms with Crippen LogP contribution in [-0.4, -0.2) is 4.57 Å². The summed E-state index contributed by atoms with van der Waals surface area (Å²) in [6.45, 7) is 6.86. The zero-order valence-corrected chi connectivity index (χ0v) is 16.4. The summed E-state index contributed by atoms with van der Waals surface area (Å²) in [5.74, 6) is 0. The summed E-state index contributed by atoms with van der Waals surface area (Å²) in [5, 5.41) is 0. The Balaban J connectivity index is 0.00000242. The highest BCUT2D eigenvalue weighted by Gasteiger charge is 2.14. The second kappa shape index (κ2) is 11.0. The van der Waals surface area contributed by atoms with Crippen LogP contribution in [0.5, 0.6) is 0 Å². The third-order valence-electron chi connectivity index (χ3n) is 4.28. The number of rotatable bonds is 10. The predicted molar refractivity (Wildman–Crippen MR) is 90.4 cm³/mol. The van der Waals surface area contributed by atoms with Crippen LogP contribution in [0, 0.1) is 0 Å². The van der Waals surface area contributed by atoms with E-state index in [2.05, 4.69) is 53.6 Å². The van der Waals surface area contributed by atoms with Crippen molar-refractivity contribution in [1.82, 2.24) is 4.57 Å². The fourth-order valence-electron chi connectivity index (χ4n) is 3.02. The molecule has 0 unspecified atom stereocenters. The van der Waals surface area contributed by atoms with Gasteiger partial charge in [-0.05, 0) is 37.8 Å². The molecular formula is C19H31IN2. The van der Waals surface area contributed by atoms with Gasteiger partial charge < -0.3 is 24.0 Å². The average molecular weight is 414 g/mol. The molecule has 2 rings (SSSR count). The first-order valence-corrected chi connectivity index (χ1v) is 8.84. The van der Waals surface area contributed by atoms with Crippen LogP contribution >= 0.6 is 0 Å². The van der Waals surface area contributed by atoms with Crippen molar-refractivity contribution in [3.05, 3.63) is 30.6 Å². The van der Waals surface area contributed by atoms with E-state index in [1.54, 1.807) is 0 Å². The standard InChI is InChI=1S/C19H31N2.HI/c1-3-5-7-11-15-20-17-21(16-12-8-6-4-2)19-14-10-9-13-18(19)20;/h9-10,13-14,17H,3-8,11-12,15-16H2,1-2H3;1H/q+1;/p-1. The maximum Gasteiger partial charge on any atom is 0.244 e. The van der Waals surface area contributed by atoms with Crippen molar-refractivity contribution in [1.29, 1.82) is 0 Å². The third-order valence-corrected chi connectivity index (χ3v) is 4.28. The number of hydrogen-bond acceptors (Lipinski definition) is 0. The number of fused-ring (bicyclic) bond motifs is 1. The minimum atomic E-state index is 0. The summed E-state index contributed by atoms with van der Waals surface area (Å²) >= 11 is 0. The Hall–Kier alpha value is -0.580. The zero-order valence-electron chi connectivity index (χ0n) is 14.2. The van der Waals surface area contributed by atoms with Crippen LogP contribution in [0.3, 0.4) is 0 Å². The van der Waals surface area contributed by atoms with Gasteiger partial charge in [0.25, 0.3) is 0 Å². The predicted octanol–water partition coefficient (Wildman–Crippen LogP) is 2.09. The Bertz CT molecular complexity index is 487. The van der Waals surface area contributed by atoms with Gasteiger partial charge in [0.1, 0.15) is 0 Å². The van der Waals surface area contributed by atoms with Crippen molar-refractivity contribution in [2.45, 2.75) is 78.3 Å². The van der Waals surface area contributed by atoms with E-state index in [-0.39, 0.29) is 24.0 Å². The summed E-state index contributed by atoms with van der Waals surface area (Å²) in [6, 6.07) is 8.84. The van der Waals surface area contributed by atoms with Gasteiger partial charge in [-0.15, -0.1) is 0 Å². The summed E-state index contributed by atoms with van der Waals surface area (Å²) in [4.78, 5) is 0. The smallest absolute Gasteiger partial charge is 0.244 e. The highest BCUT2D eigenvalue weighted by Crippen LogP contribution is 2.13. The van der Waals surface area contributed by atoms with E-state index < -0.39 is 0 Å². The zero-order chi connectivity index (χ0) is 14.9. The number of hydrogen-bond donors (Lipinski definition) is 0. The SMILES string of the molecule is CCCCCCn1c[n+](CCCCCC)c2ccccc21.[I-]. The molecular weight excluding hydrogens is 383 g/mol. The molecule has 1 aromatic heterocycles. The lowest BCUT2D eigenvalue weighted by Gasteiger charge is -1.98. The molecule has 0 aliphatic carbocycles. The molecule has 0 aliphatic rings. The molecule has 1 heterocycles. The minimum Gasteiger partial charge on any atom is -1.00 e. The summed E-state index contributed by atoms with van der Waals surface area (Å²) in [5.41, 5.74) is 2.79. The van der Waals surface area contributed by atoms with Crippen molar-refractivity contribution < 1.29 is 28.5 Å². The maximum atomic E-state index is 2.45. The van der Waals surface area contributed by atoms with Gasteiger partial charge in [-0.3, -0.25) is 0 Å². The van der Waals surface area contributed by atoms with Crippen molar-refractivity contribution in [3.63, 3.8) is 0 Å². The van der Waals surface area contributed by atoms with Crippen LogP contribution in [0.2, 0.25) is 0 Å². The maximum absolute atomic E-state index is 2.45. The monoisotopic (exact) mass is 414 g/mol. The number of imidazole rings is 1. The number of unbranched alkanes of at least 4 members (excludes halogenated alkanes) is 6. The minimum absolute atomic E-state index is 0. The van der Waals surface area contributed by atoms with Crippen molar-refractivity contribution in [2.24, 2.45) is 0 Å². The van der Waals surface area contributed by atoms with Gasteiger partial charge in [0.05, 0.1) is 13.1 Å². The van der Waals surface area contributed by atoms with Gasteiger partial charge in [-0.2, -0.15) is 0 Å². The molecule has 0 amide bonds. The van der Waals surface area contributed by atoms with Gasteiger partial charge in [-0.1, -0.05) is 51.7 Å². The first kappa shape index (κ1) is 19.5. The molecule has 0 fully saturated rings. The second-order valence-electron chi connectivity index (χ2n) is 6.11. The van der Waals surface area contributed by atoms with Gasteiger partial charge >= 0.3 is 0 Å². The van der Waals surface area contributed by atoms with Gasteiger partial charge in [0.2, 0.25) is 6.33 Å². The van der Waals surface area contributed by atoms with Crippen molar-refractivity contribution in [2.75, 3.05) is 0 Å². The molecule has 2 aromatic rings. The molecule has 2 nitrogen and oxygen atoms in total. The molecule has 0 saturated carbocycles. The van der Waals surface area contributed by atoms with E-state index in [0.717, 1.165) is 13.1 Å². The molecule has 0 aliphatic heterocycles. The van der Waals surface area contributed by atoms with Crippen molar-refractivity contribution in [3.8, 4) is 0 Å². The fourth-order valence-corrected chi connectivity index (χ4v) is 3.02. The fraction of sp³-hybridized carbons (Fsp3) is 0.632. The Morgan fingerprint density at radius 3 is 2.27 bits per heavy atom. The van der Waals surface area contributed by atoms with E-state index in [4.69, 9.17) is 0 Å².